The highest BCUT2D eigenvalue weighted by molar-refractivity contribution is 7.47. The van der Waals surface area contributed by atoms with Crippen molar-refractivity contribution in [2.45, 2.75) is 433 Å². The third-order valence-corrected chi connectivity index (χ3v) is 20.9. The lowest BCUT2D eigenvalue weighted by atomic mass is 10.00. The van der Waals surface area contributed by atoms with Crippen molar-refractivity contribution in [1.82, 2.24) is 0 Å². The quantitative estimate of drug-likeness (QED) is 0.0222. The molecule has 0 radical (unpaired) electrons. The largest absolute Gasteiger partial charge is 0.472 e. The molecule has 0 aromatic heterocycles. The Hall–Kier alpha value is -1.94. The summed E-state index contributed by atoms with van der Waals surface area (Å²) in [6.45, 7) is 11.9. The summed E-state index contributed by atoms with van der Waals surface area (Å²) in [6.07, 6.45) is 58.6. The van der Waals surface area contributed by atoms with Gasteiger partial charge in [0.25, 0.3) is 0 Å². The van der Waals surface area contributed by atoms with Gasteiger partial charge in [-0.1, -0.05) is 363 Å². The van der Waals surface area contributed by atoms with E-state index >= 15 is 0 Å². The Bertz CT molecular complexity index is 1920. The number of unbranched alkanes of at least 4 members (excludes halogenated alkanes) is 45. The Kier molecular flexibility index (Phi) is 69.0. The summed E-state index contributed by atoms with van der Waals surface area (Å²) in [4.78, 5) is 72.9. The average molecular weight is 1450 g/mol. The minimum absolute atomic E-state index is 0.103. The van der Waals surface area contributed by atoms with E-state index in [4.69, 9.17) is 37.0 Å². The molecule has 0 bridgehead atoms. The van der Waals surface area contributed by atoms with Gasteiger partial charge in [0, 0.05) is 25.7 Å². The molecule has 3 unspecified atom stereocenters. The topological polar surface area (TPSA) is 237 Å². The van der Waals surface area contributed by atoms with Crippen molar-refractivity contribution < 1.29 is 80.2 Å². The zero-order valence-electron chi connectivity index (χ0n) is 65.0. The summed E-state index contributed by atoms with van der Waals surface area (Å²) in [5.41, 5.74) is 0. The Labute approximate surface area is 607 Å². The molecule has 588 valence electrons. The highest BCUT2D eigenvalue weighted by Gasteiger charge is 2.30. The lowest BCUT2D eigenvalue weighted by Gasteiger charge is -2.21. The molecule has 17 nitrogen and oxygen atoms in total. The maximum Gasteiger partial charge on any atom is 0.472 e. The van der Waals surface area contributed by atoms with Gasteiger partial charge in [0.2, 0.25) is 0 Å². The van der Waals surface area contributed by atoms with E-state index < -0.39 is 97.5 Å². The SMILES string of the molecule is CCCCCCCCCCCCCCCCCCCCC(=O)OC[C@H](COP(=O)(O)OC[C@@H](O)COP(=O)(O)OC[C@@H](COC(=O)CCCCCCCCC(C)CC)OC(=O)CCCCCCCCCC(C)C)OC(=O)CCCCCCCCCCCCCCCCCCCCC(C)C. The molecule has 99 heavy (non-hydrogen) atoms. The minimum atomic E-state index is -4.96. The molecule has 0 saturated carbocycles. The predicted octanol–water partition coefficient (Wildman–Crippen LogP) is 23.7. The molecular formula is C80H156O17P2. The molecule has 0 rings (SSSR count). The number of phosphoric ester groups is 2. The van der Waals surface area contributed by atoms with E-state index in [0.29, 0.717) is 31.6 Å². The van der Waals surface area contributed by atoms with Gasteiger partial charge in [-0.05, 0) is 43.4 Å². The van der Waals surface area contributed by atoms with Crippen molar-refractivity contribution in [3.8, 4) is 0 Å². The van der Waals surface area contributed by atoms with Crippen molar-refractivity contribution in [3.63, 3.8) is 0 Å². The van der Waals surface area contributed by atoms with E-state index in [1.807, 2.05) is 0 Å². The smallest absolute Gasteiger partial charge is 0.462 e. The number of hydrogen-bond donors (Lipinski definition) is 3. The molecule has 0 aromatic carbocycles. The molecule has 0 aromatic rings. The van der Waals surface area contributed by atoms with Crippen LogP contribution in [0.2, 0.25) is 0 Å². The predicted molar refractivity (Wildman–Crippen MR) is 405 cm³/mol. The number of rotatable bonds is 78. The van der Waals surface area contributed by atoms with Crippen LogP contribution in [-0.2, 0) is 65.4 Å². The molecule has 6 atom stereocenters. The maximum atomic E-state index is 13.1. The van der Waals surface area contributed by atoms with Crippen molar-refractivity contribution in [2.75, 3.05) is 39.6 Å². The lowest BCUT2D eigenvalue weighted by molar-refractivity contribution is -0.161. The monoisotopic (exact) mass is 1450 g/mol. The molecule has 0 aliphatic heterocycles. The third kappa shape index (κ3) is 72.8. The van der Waals surface area contributed by atoms with Crippen molar-refractivity contribution in [3.05, 3.63) is 0 Å². The van der Waals surface area contributed by atoms with Crippen LogP contribution in [0.3, 0.4) is 0 Å². The zero-order chi connectivity index (χ0) is 73.0. The van der Waals surface area contributed by atoms with Gasteiger partial charge in [-0.25, -0.2) is 9.13 Å². The van der Waals surface area contributed by atoms with E-state index in [2.05, 4.69) is 48.5 Å². The van der Waals surface area contributed by atoms with Gasteiger partial charge in [-0.15, -0.1) is 0 Å². The number of carbonyl (C=O) groups excluding carboxylic acids is 4. The Morgan fingerprint density at radius 2 is 0.515 bits per heavy atom. The van der Waals surface area contributed by atoms with Crippen LogP contribution in [0.15, 0.2) is 0 Å². The van der Waals surface area contributed by atoms with Crippen molar-refractivity contribution >= 4 is 39.5 Å². The number of hydrogen-bond acceptors (Lipinski definition) is 15. The van der Waals surface area contributed by atoms with Gasteiger partial charge < -0.3 is 33.8 Å². The molecule has 0 aliphatic rings. The fourth-order valence-corrected chi connectivity index (χ4v) is 13.9. The molecule has 0 spiro atoms. The fraction of sp³-hybridized carbons (Fsp3) is 0.950. The molecule has 3 N–H and O–H groups in total. The van der Waals surface area contributed by atoms with Gasteiger partial charge in [-0.2, -0.15) is 0 Å². The highest BCUT2D eigenvalue weighted by Crippen LogP contribution is 2.45. The van der Waals surface area contributed by atoms with Gasteiger partial charge in [0.15, 0.2) is 12.2 Å². The summed E-state index contributed by atoms with van der Waals surface area (Å²) >= 11 is 0. The zero-order valence-corrected chi connectivity index (χ0v) is 66.8. The second kappa shape index (κ2) is 70.4. The minimum Gasteiger partial charge on any atom is -0.462 e. The van der Waals surface area contributed by atoms with E-state index in [9.17, 15) is 43.2 Å². The van der Waals surface area contributed by atoms with E-state index in [1.54, 1.807) is 0 Å². The number of esters is 4. The van der Waals surface area contributed by atoms with Crippen LogP contribution in [-0.4, -0.2) is 96.7 Å². The Morgan fingerprint density at radius 3 is 0.768 bits per heavy atom. The number of ether oxygens (including phenoxy) is 4. The van der Waals surface area contributed by atoms with Crippen LogP contribution >= 0.6 is 15.6 Å². The highest BCUT2D eigenvalue weighted by atomic mass is 31.2. The van der Waals surface area contributed by atoms with E-state index in [-0.39, 0.29) is 25.7 Å². The summed E-state index contributed by atoms with van der Waals surface area (Å²) in [7, 11) is -9.92. The standard InChI is InChI=1S/C80H156O17P2/c1-8-10-11-12-13-14-15-16-17-18-22-25-28-31-34-39-47-54-61-77(82)90-67-75(96-79(84)63-56-49-40-35-32-29-26-23-20-19-21-24-27-30-33-37-44-51-58-71(3)4)69-94-98(86,87)92-65-74(81)66-93-99(88,89)95-70-76(97-80(85)64-57-50-41-36-38-45-52-59-72(5)6)68-91-78(83)62-55-48-43-42-46-53-60-73(7)9-2/h71-76,81H,8-70H2,1-7H3,(H,86,87)(H,88,89)/t73?,74-,75-,76-/m1/s1. The van der Waals surface area contributed by atoms with Crippen molar-refractivity contribution in [2.24, 2.45) is 17.8 Å². The van der Waals surface area contributed by atoms with Crippen LogP contribution < -0.4 is 0 Å². The fourth-order valence-electron chi connectivity index (χ4n) is 12.3. The van der Waals surface area contributed by atoms with Gasteiger partial charge in [-0.3, -0.25) is 37.3 Å². The number of aliphatic hydroxyl groups excluding tert-OH is 1. The summed E-state index contributed by atoms with van der Waals surface area (Å²) in [5, 5.41) is 10.6. The normalized spacial score (nSPS) is 14.3. The van der Waals surface area contributed by atoms with Gasteiger partial charge in [0.1, 0.15) is 19.3 Å². The first-order valence-electron chi connectivity index (χ1n) is 41.4. The van der Waals surface area contributed by atoms with Crippen molar-refractivity contribution in [1.29, 1.82) is 0 Å². The summed E-state index contributed by atoms with van der Waals surface area (Å²) in [5.74, 6) is 0.130. The first-order chi connectivity index (χ1) is 47.8. The van der Waals surface area contributed by atoms with Crippen LogP contribution in [0, 0.1) is 17.8 Å². The van der Waals surface area contributed by atoms with E-state index in [0.717, 1.165) is 108 Å². The van der Waals surface area contributed by atoms with E-state index in [1.165, 1.54) is 218 Å². The Balaban J connectivity index is 5.20. The second-order valence-electron chi connectivity index (χ2n) is 30.0. The molecule has 0 saturated heterocycles. The van der Waals surface area contributed by atoms with Crippen LogP contribution in [0.25, 0.3) is 0 Å². The first-order valence-corrected chi connectivity index (χ1v) is 44.4. The van der Waals surface area contributed by atoms with Crippen LogP contribution in [0.5, 0.6) is 0 Å². The maximum absolute atomic E-state index is 13.1. The third-order valence-electron chi connectivity index (χ3n) is 19.0. The number of carbonyl (C=O) groups is 4. The molecule has 0 heterocycles. The van der Waals surface area contributed by atoms with Gasteiger partial charge in [0.05, 0.1) is 26.4 Å². The second-order valence-corrected chi connectivity index (χ2v) is 32.9. The summed E-state index contributed by atoms with van der Waals surface area (Å²) in [6, 6.07) is 0. The number of aliphatic hydroxyl groups is 1. The van der Waals surface area contributed by atoms with Crippen LogP contribution in [0.1, 0.15) is 414 Å². The lowest BCUT2D eigenvalue weighted by Crippen LogP contribution is -2.30. The Morgan fingerprint density at radius 1 is 0.293 bits per heavy atom. The van der Waals surface area contributed by atoms with Gasteiger partial charge >= 0.3 is 39.5 Å². The summed E-state index contributed by atoms with van der Waals surface area (Å²) < 4.78 is 68.6. The molecule has 19 heteroatoms. The average Bonchev–Trinajstić information content (AvgIpc) is 1.17. The molecular weight excluding hydrogens is 1290 g/mol. The van der Waals surface area contributed by atoms with Crippen LogP contribution in [0.4, 0.5) is 0 Å². The molecule has 0 aliphatic carbocycles. The molecule has 0 fully saturated rings. The first kappa shape index (κ1) is 97.1. The molecule has 0 amide bonds. The number of phosphoric acid groups is 2.